The summed E-state index contributed by atoms with van der Waals surface area (Å²) in [5, 5.41) is 2.83. The Kier molecular flexibility index (Phi) is 6.04. The number of urea groups is 1. The average Bonchev–Trinajstić information content (AvgIpc) is 2.96. The lowest BCUT2D eigenvalue weighted by molar-refractivity contribution is -0.146. The molecule has 0 radical (unpaired) electrons. The van der Waals surface area contributed by atoms with E-state index in [2.05, 4.69) is 10.3 Å². The molecular weight excluding hydrogens is 321 g/mol. The summed E-state index contributed by atoms with van der Waals surface area (Å²) in [5.74, 6) is 0.0663. The molecule has 2 heterocycles. The van der Waals surface area contributed by atoms with Gasteiger partial charge in [-0.05, 0) is 37.4 Å². The summed E-state index contributed by atoms with van der Waals surface area (Å²) in [4.78, 5) is 19.3. The molecule has 0 saturated carbocycles. The minimum atomic E-state index is -4.19. The Hall–Kier alpha value is -1.83. The van der Waals surface area contributed by atoms with E-state index >= 15 is 0 Å². The molecule has 1 atom stereocenters. The summed E-state index contributed by atoms with van der Waals surface area (Å²) in [6, 6.07) is 1.51. The van der Waals surface area contributed by atoms with E-state index in [1.807, 2.05) is 6.92 Å². The van der Waals surface area contributed by atoms with Crippen molar-refractivity contribution in [1.29, 1.82) is 0 Å². The molecule has 134 valence electrons. The highest BCUT2D eigenvalue weighted by Gasteiger charge is 2.33. The van der Waals surface area contributed by atoms with Gasteiger partial charge >= 0.3 is 12.2 Å². The molecule has 1 fully saturated rings. The third-order valence-electron chi connectivity index (χ3n) is 4.20. The Morgan fingerprint density at radius 3 is 2.88 bits per heavy atom. The number of hydrogen-bond acceptors (Lipinski definition) is 3. The smallest absolute Gasteiger partial charge is 0.324 e. The molecular formula is C16H23F3N4O. The van der Waals surface area contributed by atoms with Crippen molar-refractivity contribution in [2.75, 3.05) is 38.0 Å². The molecule has 0 aliphatic carbocycles. The number of nitrogens with one attached hydrogen (secondary N) is 1. The second-order valence-corrected chi connectivity index (χ2v) is 6.16. The first-order valence-electron chi connectivity index (χ1n) is 8.04. The molecule has 2 amide bonds. The number of aryl methyl sites for hydroxylation is 1. The van der Waals surface area contributed by atoms with Gasteiger partial charge in [0.1, 0.15) is 0 Å². The van der Waals surface area contributed by atoms with Crippen molar-refractivity contribution < 1.29 is 18.0 Å². The van der Waals surface area contributed by atoms with Crippen molar-refractivity contribution in [3.63, 3.8) is 0 Å². The highest BCUT2D eigenvalue weighted by molar-refractivity contribution is 5.90. The number of nitrogens with zero attached hydrogens (tertiary/aromatic N) is 3. The third-order valence-corrected chi connectivity index (χ3v) is 4.20. The maximum Gasteiger partial charge on any atom is 0.401 e. The molecule has 1 aliphatic rings. The lowest BCUT2D eigenvalue weighted by atomic mass is 10.1. The molecule has 2 rings (SSSR count). The van der Waals surface area contributed by atoms with E-state index in [0.717, 1.165) is 12.0 Å². The minimum Gasteiger partial charge on any atom is -0.324 e. The van der Waals surface area contributed by atoms with Crippen LogP contribution in [-0.4, -0.2) is 59.7 Å². The molecule has 0 aromatic carbocycles. The fourth-order valence-electron chi connectivity index (χ4n) is 2.90. The van der Waals surface area contributed by atoms with Gasteiger partial charge in [-0.25, -0.2) is 4.79 Å². The number of hydrogen-bond donors (Lipinski definition) is 1. The number of halogens is 3. The Morgan fingerprint density at radius 2 is 2.25 bits per heavy atom. The standard InChI is InChI=1S/C16H23F3N4O/c1-3-22(11-16(17,18)19)9-13-5-7-23(10-13)15(24)21-14-4-6-20-8-12(14)2/h4,6,8,13H,3,5,7,9-11H2,1-2H3,(H,20,21,24)/t13-/m1/s1. The quantitative estimate of drug-likeness (QED) is 0.893. The van der Waals surface area contributed by atoms with Crippen LogP contribution in [0.2, 0.25) is 0 Å². The maximum absolute atomic E-state index is 12.5. The van der Waals surface area contributed by atoms with Gasteiger partial charge in [0.25, 0.3) is 0 Å². The molecule has 1 N–H and O–H groups in total. The van der Waals surface area contributed by atoms with Gasteiger partial charge in [0.2, 0.25) is 0 Å². The van der Waals surface area contributed by atoms with E-state index < -0.39 is 12.7 Å². The summed E-state index contributed by atoms with van der Waals surface area (Å²) < 4.78 is 37.6. The van der Waals surface area contributed by atoms with E-state index in [4.69, 9.17) is 0 Å². The van der Waals surface area contributed by atoms with Crippen LogP contribution in [0.5, 0.6) is 0 Å². The first-order chi connectivity index (χ1) is 11.3. The maximum atomic E-state index is 12.5. The second kappa shape index (κ2) is 7.83. The van der Waals surface area contributed by atoms with Gasteiger partial charge < -0.3 is 10.2 Å². The van der Waals surface area contributed by atoms with Crippen molar-refractivity contribution in [3.05, 3.63) is 24.0 Å². The van der Waals surface area contributed by atoms with E-state index in [9.17, 15) is 18.0 Å². The summed E-state index contributed by atoms with van der Waals surface area (Å²) in [7, 11) is 0. The van der Waals surface area contributed by atoms with Crippen molar-refractivity contribution in [3.8, 4) is 0 Å². The number of likely N-dealkylation sites (tertiary alicyclic amines) is 1. The minimum absolute atomic E-state index is 0.0663. The molecule has 1 aromatic heterocycles. The molecule has 1 aliphatic heterocycles. The van der Waals surface area contributed by atoms with Crippen molar-refractivity contribution in [1.82, 2.24) is 14.8 Å². The van der Waals surface area contributed by atoms with E-state index in [-0.39, 0.29) is 11.9 Å². The molecule has 0 bridgehead atoms. The number of anilines is 1. The number of amides is 2. The van der Waals surface area contributed by atoms with Crippen LogP contribution >= 0.6 is 0 Å². The Labute approximate surface area is 139 Å². The summed E-state index contributed by atoms with van der Waals surface area (Å²) >= 11 is 0. The number of carbonyl (C=O) groups is 1. The molecule has 0 unspecified atom stereocenters. The van der Waals surface area contributed by atoms with Crippen LogP contribution in [0.4, 0.5) is 23.7 Å². The molecule has 8 heteroatoms. The zero-order valence-corrected chi connectivity index (χ0v) is 13.9. The van der Waals surface area contributed by atoms with Crippen molar-refractivity contribution >= 4 is 11.7 Å². The topological polar surface area (TPSA) is 48.5 Å². The number of carbonyl (C=O) groups excluding carboxylic acids is 1. The fourth-order valence-corrected chi connectivity index (χ4v) is 2.90. The van der Waals surface area contributed by atoms with Gasteiger partial charge in [-0.1, -0.05) is 6.92 Å². The predicted molar refractivity (Wildman–Crippen MR) is 85.8 cm³/mol. The highest BCUT2D eigenvalue weighted by atomic mass is 19.4. The zero-order chi connectivity index (χ0) is 17.7. The van der Waals surface area contributed by atoms with Crippen LogP contribution < -0.4 is 5.32 Å². The SMILES string of the molecule is CCN(C[C@H]1CCN(C(=O)Nc2ccncc2C)C1)CC(F)(F)F. The van der Waals surface area contributed by atoms with Gasteiger partial charge in [0, 0.05) is 37.7 Å². The Balaban J connectivity index is 1.86. The van der Waals surface area contributed by atoms with Crippen LogP contribution in [0, 0.1) is 12.8 Å². The van der Waals surface area contributed by atoms with Crippen LogP contribution in [0.15, 0.2) is 18.5 Å². The summed E-state index contributed by atoms with van der Waals surface area (Å²) in [6.07, 6.45) is -0.202. The van der Waals surface area contributed by atoms with Crippen LogP contribution in [-0.2, 0) is 0 Å². The number of pyridine rings is 1. The van der Waals surface area contributed by atoms with Crippen LogP contribution in [0.3, 0.4) is 0 Å². The molecule has 24 heavy (non-hydrogen) atoms. The molecule has 5 nitrogen and oxygen atoms in total. The van der Waals surface area contributed by atoms with Gasteiger partial charge in [0.15, 0.2) is 0 Å². The van der Waals surface area contributed by atoms with Gasteiger partial charge in [-0.2, -0.15) is 13.2 Å². The summed E-state index contributed by atoms with van der Waals surface area (Å²) in [5.41, 5.74) is 1.56. The second-order valence-electron chi connectivity index (χ2n) is 6.16. The molecule has 1 saturated heterocycles. The number of aromatic nitrogens is 1. The average molecular weight is 344 g/mol. The van der Waals surface area contributed by atoms with Crippen LogP contribution in [0.1, 0.15) is 18.9 Å². The summed E-state index contributed by atoms with van der Waals surface area (Å²) in [6.45, 7) is 4.41. The zero-order valence-electron chi connectivity index (χ0n) is 13.9. The predicted octanol–water partition coefficient (Wildman–Crippen LogP) is 3.13. The van der Waals surface area contributed by atoms with Gasteiger partial charge in [0.05, 0.1) is 6.54 Å². The normalized spacial score (nSPS) is 18.2. The van der Waals surface area contributed by atoms with Crippen LogP contribution in [0.25, 0.3) is 0 Å². The van der Waals surface area contributed by atoms with E-state index in [0.29, 0.717) is 31.9 Å². The third kappa shape index (κ3) is 5.36. The lowest BCUT2D eigenvalue weighted by Crippen LogP contribution is -2.39. The monoisotopic (exact) mass is 344 g/mol. The van der Waals surface area contributed by atoms with Gasteiger partial charge in [-0.15, -0.1) is 0 Å². The van der Waals surface area contributed by atoms with E-state index in [1.165, 1.54) is 4.90 Å². The molecule has 0 spiro atoms. The molecule has 1 aromatic rings. The highest BCUT2D eigenvalue weighted by Crippen LogP contribution is 2.22. The van der Waals surface area contributed by atoms with Gasteiger partial charge in [-0.3, -0.25) is 9.88 Å². The first kappa shape index (κ1) is 18.5. The van der Waals surface area contributed by atoms with Crippen molar-refractivity contribution in [2.24, 2.45) is 5.92 Å². The number of alkyl halides is 3. The first-order valence-corrected chi connectivity index (χ1v) is 8.04. The van der Waals surface area contributed by atoms with E-state index in [1.54, 1.807) is 30.3 Å². The largest absolute Gasteiger partial charge is 0.401 e. The Bertz CT molecular complexity index is 564. The fraction of sp³-hybridized carbons (Fsp3) is 0.625. The lowest BCUT2D eigenvalue weighted by Gasteiger charge is -2.25. The number of rotatable bonds is 5. The Morgan fingerprint density at radius 1 is 1.50 bits per heavy atom. The van der Waals surface area contributed by atoms with Crippen molar-refractivity contribution in [2.45, 2.75) is 26.4 Å².